The van der Waals surface area contributed by atoms with E-state index >= 15 is 0 Å². The van der Waals surface area contributed by atoms with Crippen LogP contribution in [0, 0.1) is 0 Å². The minimum absolute atomic E-state index is 0.0340. The van der Waals surface area contributed by atoms with Crippen molar-refractivity contribution in [2.75, 3.05) is 32.7 Å². The molecule has 3 amide bonds. The van der Waals surface area contributed by atoms with E-state index in [4.69, 9.17) is 0 Å². The van der Waals surface area contributed by atoms with Gasteiger partial charge in [-0.2, -0.15) is 0 Å². The molecule has 1 unspecified atom stereocenters. The molecule has 25 heavy (non-hydrogen) atoms. The van der Waals surface area contributed by atoms with Crippen LogP contribution in [0.3, 0.4) is 0 Å². The number of carbonyl (C=O) groups is 3. The lowest BCUT2D eigenvalue weighted by atomic mass is 10.0. The zero-order chi connectivity index (χ0) is 17.8. The summed E-state index contributed by atoms with van der Waals surface area (Å²) in [6.07, 6.45) is 3.43. The van der Waals surface area contributed by atoms with Gasteiger partial charge in [-0.25, -0.2) is 0 Å². The van der Waals surface area contributed by atoms with Crippen LogP contribution in [0.25, 0.3) is 0 Å². The molecule has 1 aromatic rings. The fourth-order valence-corrected chi connectivity index (χ4v) is 4.32. The van der Waals surface area contributed by atoms with Gasteiger partial charge in [0.15, 0.2) is 0 Å². The van der Waals surface area contributed by atoms with E-state index < -0.39 is 0 Å². The third-order valence-electron chi connectivity index (χ3n) is 5.03. The van der Waals surface area contributed by atoms with Gasteiger partial charge in [0.2, 0.25) is 11.8 Å². The number of piperidine rings is 1. The number of nitrogens with zero attached hydrogens (tertiary/aromatic N) is 3. The highest BCUT2D eigenvalue weighted by molar-refractivity contribution is 7.12. The van der Waals surface area contributed by atoms with Gasteiger partial charge in [-0.15, -0.1) is 11.3 Å². The maximum absolute atomic E-state index is 13.1. The highest BCUT2D eigenvalue weighted by Crippen LogP contribution is 2.23. The number of amides is 3. The van der Waals surface area contributed by atoms with Gasteiger partial charge in [-0.05, 0) is 37.1 Å². The van der Waals surface area contributed by atoms with Crippen molar-refractivity contribution < 1.29 is 14.4 Å². The normalized spacial score (nSPS) is 21.8. The van der Waals surface area contributed by atoms with Gasteiger partial charge in [0.1, 0.15) is 6.04 Å². The van der Waals surface area contributed by atoms with Crippen molar-refractivity contribution in [3.63, 3.8) is 0 Å². The molecule has 6 nitrogen and oxygen atoms in total. The topological polar surface area (TPSA) is 60.9 Å². The van der Waals surface area contributed by atoms with Crippen molar-refractivity contribution in [1.82, 2.24) is 14.7 Å². The van der Waals surface area contributed by atoms with E-state index in [0.717, 1.165) is 25.7 Å². The second-order valence-electron chi connectivity index (χ2n) is 6.67. The third-order valence-corrected chi connectivity index (χ3v) is 5.89. The molecule has 0 N–H and O–H groups in total. The van der Waals surface area contributed by atoms with Crippen molar-refractivity contribution in [2.45, 2.75) is 38.6 Å². The lowest BCUT2D eigenvalue weighted by molar-refractivity contribution is -0.137. The van der Waals surface area contributed by atoms with Gasteiger partial charge in [0, 0.05) is 39.6 Å². The van der Waals surface area contributed by atoms with E-state index in [-0.39, 0.29) is 23.8 Å². The molecule has 3 rings (SSSR count). The molecule has 0 aromatic carbocycles. The first-order valence-corrected chi connectivity index (χ1v) is 9.84. The Morgan fingerprint density at radius 2 is 1.76 bits per heavy atom. The van der Waals surface area contributed by atoms with Crippen molar-refractivity contribution in [3.05, 3.63) is 22.4 Å². The van der Waals surface area contributed by atoms with Crippen molar-refractivity contribution in [2.24, 2.45) is 0 Å². The van der Waals surface area contributed by atoms with Crippen molar-refractivity contribution in [1.29, 1.82) is 0 Å². The van der Waals surface area contributed by atoms with E-state index in [2.05, 4.69) is 0 Å². The van der Waals surface area contributed by atoms with Crippen LogP contribution in [0.4, 0.5) is 0 Å². The Kier molecular flexibility index (Phi) is 5.73. The minimum atomic E-state index is -0.368. The first-order valence-electron chi connectivity index (χ1n) is 8.96. The van der Waals surface area contributed by atoms with Crippen LogP contribution in [0.1, 0.15) is 42.3 Å². The molecule has 2 saturated heterocycles. The maximum Gasteiger partial charge on any atom is 0.264 e. The molecule has 2 aliphatic rings. The molecule has 0 aliphatic carbocycles. The largest absolute Gasteiger partial charge is 0.341 e. The smallest absolute Gasteiger partial charge is 0.264 e. The van der Waals surface area contributed by atoms with Crippen LogP contribution in [0.2, 0.25) is 0 Å². The Morgan fingerprint density at radius 3 is 2.48 bits per heavy atom. The number of rotatable bonds is 2. The maximum atomic E-state index is 13.1. The van der Waals surface area contributed by atoms with E-state index in [1.165, 1.54) is 11.3 Å². The Balaban J connectivity index is 1.70. The summed E-state index contributed by atoms with van der Waals surface area (Å²) in [5, 5.41) is 1.89. The Bertz CT molecular complexity index is 632. The summed E-state index contributed by atoms with van der Waals surface area (Å²) in [7, 11) is 0. The molecule has 0 radical (unpaired) electrons. The van der Waals surface area contributed by atoms with Gasteiger partial charge in [-0.3, -0.25) is 14.4 Å². The third kappa shape index (κ3) is 4.03. The lowest BCUT2D eigenvalue weighted by Crippen LogP contribution is -2.53. The van der Waals surface area contributed by atoms with Gasteiger partial charge in [-0.1, -0.05) is 6.07 Å². The average Bonchev–Trinajstić information content (AvgIpc) is 3.04. The molecular weight excluding hydrogens is 338 g/mol. The zero-order valence-electron chi connectivity index (χ0n) is 14.6. The van der Waals surface area contributed by atoms with Crippen LogP contribution in [0.15, 0.2) is 17.5 Å². The van der Waals surface area contributed by atoms with Crippen molar-refractivity contribution >= 4 is 29.1 Å². The number of carbonyl (C=O) groups excluding carboxylic acids is 3. The van der Waals surface area contributed by atoms with Crippen LogP contribution in [0.5, 0.6) is 0 Å². The van der Waals surface area contributed by atoms with E-state index in [9.17, 15) is 14.4 Å². The second-order valence-corrected chi connectivity index (χ2v) is 7.62. The lowest BCUT2D eigenvalue weighted by Gasteiger charge is -2.37. The second kappa shape index (κ2) is 7.99. The molecule has 1 aromatic heterocycles. The fourth-order valence-electron chi connectivity index (χ4n) is 3.64. The SMILES string of the molecule is CC(=O)N1CCCN(C(=O)C2CCCCN2C(=O)c2cccs2)CC1. The zero-order valence-corrected chi connectivity index (χ0v) is 15.5. The molecule has 0 bridgehead atoms. The molecule has 2 aliphatic heterocycles. The summed E-state index contributed by atoms with van der Waals surface area (Å²) in [6, 6.07) is 3.32. The highest BCUT2D eigenvalue weighted by atomic mass is 32.1. The van der Waals surface area contributed by atoms with Crippen LogP contribution in [-0.2, 0) is 9.59 Å². The summed E-state index contributed by atoms with van der Waals surface area (Å²) < 4.78 is 0. The highest BCUT2D eigenvalue weighted by Gasteiger charge is 2.36. The Labute approximate surface area is 152 Å². The molecule has 0 saturated carbocycles. The first-order chi connectivity index (χ1) is 12.1. The van der Waals surface area contributed by atoms with Gasteiger partial charge < -0.3 is 14.7 Å². The van der Waals surface area contributed by atoms with Gasteiger partial charge in [0.25, 0.3) is 5.91 Å². The van der Waals surface area contributed by atoms with Crippen LogP contribution >= 0.6 is 11.3 Å². The predicted molar refractivity (Wildman–Crippen MR) is 96.4 cm³/mol. The minimum Gasteiger partial charge on any atom is -0.341 e. The fraction of sp³-hybridized carbons (Fsp3) is 0.611. The Morgan fingerprint density at radius 1 is 1.00 bits per heavy atom. The molecule has 7 heteroatoms. The van der Waals surface area contributed by atoms with Gasteiger partial charge in [0.05, 0.1) is 4.88 Å². The van der Waals surface area contributed by atoms with E-state index in [0.29, 0.717) is 37.6 Å². The molecule has 3 heterocycles. The molecule has 0 spiro atoms. The van der Waals surface area contributed by atoms with Crippen LogP contribution < -0.4 is 0 Å². The molecule has 136 valence electrons. The average molecular weight is 363 g/mol. The quantitative estimate of drug-likeness (QED) is 0.805. The summed E-state index contributed by atoms with van der Waals surface area (Å²) in [4.78, 5) is 43.5. The van der Waals surface area contributed by atoms with Crippen molar-refractivity contribution in [3.8, 4) is 0 Å². The molecule has 1 atom stereocenters. The summed E-state index contributed by atoms with van der Waals surface area (Å²) >= 11 is 1.42. The monoisotopic (exact) mass is 363 g/mol. The predicted octanol–water partition coefficient (Wildman–Crippen LogP) is 1.82. The first kappa shape index (κ1) is 17.9. The summed E-state index contributed by atoms with van der Waals surface area (Å²) in [5.41, 5.74) is 0. The molecule has 2 fully saturated rings. The number of thiophene rings is 1. The van der Waals surface area contributed by atoms with Gasteiger partial charge >= 0.3 is 0 Å². The molecular formula is C18H25N3O3S. The summed E-state index contributed by atoms with van der Waals surface area (Å²) in [5.74, 6) is 0.0599. The Hall–Kier alpha value is -1.89. The van der Waals surface area contributed by atoms with Crippen LogP contribution in [-0.4, -0.2) is 71.2 Å². The van der Waals surface area contributed by atoms with E-state index in [1.54, 1.807) is 16.7 Å². The van der Waals surface area contributed by atoms with E-state index in [1.807, 2.05) is 22.4 Å². The number of hydrogen-bond acceptors (Lipinski definition) is 4. The number of hydrogen-bond donors (Lipinski definition) is 0. The standard InChI is InChI=1S/C18H25N3O3S/c1-14(22)19-8-5-9-20(12-11-19)17(23)15-6-2-3-10-21(15)18(24)16-7-4-13-25-16/h4,7,13,15H,2-3,5-6,8-12H2,1H3. The summed E-state index contributed by atoms with van der Waals surface area (Å²) in [6.45, 7) is 4.69. The number of likely N-dealkylation sites (tertiary alicyclic amines) is 1.